The molecule has 1 aliphatic heterocycles. The number of hydrogen-bond donors (Lipinski definition) is 1. The number of piperidine rings is 1. The van der Waals surface area contributed by atoms with E-state index < -0.39 is 5.91 Å². The zero-order valence-electron chi connectivity index (χ0n) is 15.8. The van der Waals surface area contributed by atoms with E-state index in [0.29, 0.717) is 6.61 Å². The highest BCUT2D eigenvalue weighted by Crippen LogP contribution is 2.35. The monoisotopic (exact) mass is 420 g/mol. The molecule has 0 spiro atoms. The van der Waals surface area contributed by atoms with Crippen LogP contribution in [0.15, 0.2) is 60.2 Å². The highest BCUT2D eigenvalue weighted by molar-refractivity contribution is 6.32. The smallest absolute Gasteiger partial charge is 0.243 e. The molecule has 1 fully saturated rings. The van der Waals surface area contributed by atoms with Crippen molar-refractivity contribution < 1.29 is 9.53 Å². The van der Waals surface area contributed by atoms with Crippen molar-refractivity contribution in [2.45, 2.75) is 12.8 Å². The molecule has 2 aromatic carbocycles. The van der Waals surface area contributed by atoms with Crippen molar-refractivity contribution in [1.82, 2.24) is 4.90 Å². The van der Waals surface area contributed by atoms with E-state index in [9.17, 15) is 4.79 Å². The van der Waals surface area contributed by atoms with Gasteiger partial charge in [-0.25, -0.2) is 0 Å². The molecule has 2 aromatic rings. The average molecular weight is 421 g/mol. The van der Waals surface area contributed by atoms with Crippen molar-refractivity contribution in [2.75, 3.05) is 32.8 Å². The predicted molar refractivity (Wildman–Crippen MR) is 117 cm³/mol. The number of hydrogen-bond acceptors (Lipinski definition) is 3. The fourth-order valence-corrected chi connectivity index (χ4v) is 3.71. The predicted octanol–water partition coefficient (Wildman–Crippen LogP) is 4.16. The minimum atomic E-state index is -0.425. The Morgan fingerprint density at radius 1 is 1.04 bits per heavy atom. The summed E-state index contributed by atoms with van der Waals surface area (Å²) in [6, 6.07) is 18.5. The Labute approximate surface area is 177 Å². The van der Waals surface area contributed by atoms with Crippen molar-refractivity contribution in [3.05, 3.63) is 76.3 Å². The molecule has 0 radical (unpaired) electrons. The van der Waals surface area contributed by atoms with Crippen molar-refractivity contribution in [2.24, 2.45) is 5.73 Å². The first-order valence-electron chi connectivity index (χ1n) is 9.26. The summed E-state index contributed by atoms with van der Waals surface area (Å²) in [5.74, 6) is -0.425. The van der Waals surface area contributed by atoms with Crippen molar-refractivity contribution >= 4 is 35.5 Å². The fraction of sp³-hybridized carbons (Fsp3) is 0.318. The zero-order valence-corrected chi connectivity index (χ0v) is 17.3. The molecule has 0 aromatic heterocycles. The first-order valence-corrected chi connectivity index (χ1v) is 9.63. The third-order valence-electron chi connectivity index (χ3n) is 4.82. The van der Waals surface area contributed by atoms with Gasteiger partial charge >= 0.3 is 0 Å². The minimum absolute atomic E-state index is 0. The Balaban J connectivity index is 0.00000280. The van der Waals surface area contributed by atoms with Crippen LogP contribution < -0.4 is 5.73 Å². The average Bonchev–Trinajstić information content (AvgIpc) is 2.69. The second-order valence-electron chi connectivity index (χ2n) is 6.68. The SMILES string of the molecule is Cl.NC(=O)COCCN1CCC(=C(c2ccccc2)c2ccccc2Cl)CC1. The summed E-state index contributed by atoms with van der Waals surface area (Å²) in [5, 5.41) is 0.783. The van der Waals surface area contributed by atoms with Gasteiger partial charge in [-0.05, 0) is 30.0 Å². The van der Waals surface area contributed by atoms with E-state index in [2.05, 4.69) is 35.2 Å². The Morgan fingerprint density at radius 2 is 1.68 bits per heavy atom. The van der Waals surface area contributed by atoms with Gasteiger partial charge in [-0.1, -0.05) is 65.7 Å². The maximum Gasteiger partial charge on any atom is 0.243 e. The molecule has 4 nitrogen and oxygen atoms in total. The molecule has 2 N–H and O–H groups in total. The van der Waals surface area contributed by atoms with Crippen LogP contribution in [0.2, 0.25) is 5.02 Å². The second-order valence-corrected chi connectivity index (χ2v) is 7.09. The van der Waals surface area contributed by atoms with Crippen LogP contribution in [-0.2, 0) is 9.53 Å². The maximum absolute atomic E-state index is 10.7. The van der Waals surface area contributed by atoms with Crippen LogP contribution in [0.4, 0.5) is 0 Å². The Hall–Kier alpha value is -1.85. The number of likely N-dealkylation sites (tertiary alicyclic amines) is 1. The maximum atomic E-state index is 10.7. The topological polar surface area (TPSA) is 55.6 Å². The number of primary amides is 1. The number of carbonyl (C=O) groups excluding carboxylic acids is 1. The second kappa shape index (κ2) is 11.2. The summed E-state index contributed by atoms with van der Waals surface area (Å²) in [4.78, 5) is 13.1. The molecule has 150 valence electrons. The lowest BCUT2D eigenvalue weighted by atomic mass is 9.88. The van der Waals surface area contributed by atoms with Gasteiger partial charge < -0.3 is 15.4 Å². The summed E-state index contributed by atoms with van der Waals surface area (Å²) in [5.41, 5.74) is 10.1. The van der Waals surface area contributed by atoms with Crippen LogP contribution in [0.1, 0.15) is 24.0 Å². The van der Waals surface area contributed by atoms with Gasteiger partial charge in [0.2, 0.25) is 5.91 Å². The molecular formula is C22H26Cl2N2O2. The van der Waals surface area contributed by atoms with Gasteiger partial charge in [0.15, 0.2) is 0 Å². The largest absolute Gasteiger partial charge is 0.370 e. The molecule has 0 aliphatic carbocycles. The highest BCUT2D eigenvalue weighted by atomic mass is 35.5. The summed E-state index contributed by atoms with van der Waals surface area (Å²) >= 11 is 6.53. The zero-order chi connectivity index (χ0) is 19.1. The van der Waals surface area contributed by atoms with Crippen LogP contribution >= 0.6 is 24.0 Å². The van der Waals surface area contributed by atoms with Crippen molar-refractivity contribution in [3.63, 3.8) is 0 Å². The molecule has 6 heteroatoms. The van der Waals surface area contributed by atoms with Gasteiger partial charge in [-0.15, -0.1) is 12.4 Å². The van der Waals surface area contributed by atoms with E-state index in [-0.39, 0.29) is 19.0 Å². The number of halogens is 2. The highest BCUT2D eigenvalue weighted by Gasteiger charge is 2.20. The quantitative estimate of drug-likeness (QED) is 0.683. The lowest BCUT2D eigenvalue weighted by Gasteiger charge is -2.30. The summed E-state index contributed by atoms with van der Waals surface area (Å²) in [6.07, 6.45) is 1.98. The van der Waals surface area contributed by atoms with Crippen LogP contribution in [-0.4, -0.2) is 43.7 Å². The van der Waals surface area contributed by atoms with E-state index in [0.717, 1.165) is 43.1 Å². The fourth-order valence-electron chi connectivity index (χ4n) is 3.48. The molecule has 0 unspecified atom stereocenters. The summed E-state index contributed by atoms with van der Waals surface area (Å²) in [7, 11) is 0. The van der Waals surface area contributed by atoms with Gasteiger partial charge in [0.05, 0.1) is 6.61 Å². The van der Waals surface area contributed by atoms with Gasteiger partial charge in [-0.2, -0.15) is 0 Å². The van der Waals surface area contributed by atoms with E-state index in [1.165, 1.54) is 16.7 Å². The lowest BCUT2D eigenvalue weighted by Crippen LogP contribution is -2.34. The molecule has 0 bridgehead atoms. The van der Waals surface area contributed by atoms with E-state index in [4.69, 9.17) is 22.1 Å². The molecule has 3 rings (SSSR count). The summed E-state index contributed by atoms with van der Waals surface area (Å²) < 4.78 is 5.28. The third kappa shape index (κ3) is 6.08. The molecule has 1 aliphatic rings. The number of carbonyl (C=O) groups is 1. The number of ether oxygens (including phenoxy) is 1. The lowest BCUT2D eigenvalue weighted by molar-refractivity contribution is -0.122. The molecule has 0 atom stereocenters. The first kappa shape index (κ1) is 22.4. The number of nitrogens with two attached hydrogens (primary N) is 1. The van der Waals surface area contributed by atoms with Gasteiger partial charge in [0.1, 0.15) is 6.61 Å². The number of nitrogens with zero attached hydrogens (tertiary/aromatic N) is 1. The van der Waals surface area contributed by atoms with Crippen LogP contribution in [0, 0.1) is 0 Å². The Bertz CT molecular complexity index is 799. The van der Waals surface area contributed by atoms with E-state index in [1.54, 1.807) is 0 Å². The molecular weight excluding hydrogens is 395 g/mol. The van der Waals surface area contributed by atoms with Crippen LogP contribution in [0.3, 0.4) is 0 Å². The van der Waals surface area contributed by atoms with Crippen LogP contribution in [0.25, 0.3) is 5.57 Å². The molecule has 0 saturated carbocycles. The van der Waals surface area contributed by atoms with E-state index in [1.807, 2.05) is 24.3 Å². The normalized spacial score (nSPS) is 14.4. The van der Waals surface area contributed by atoms with Crippen LogP contribution in [0.5, 0.6) is 0 Å². The standard InChI is InChI=1S/C22H25ClN2O2.ClH/c23-20-9-5-4-8-19(20)22(17-6-2-1-3-7-17)18-10-12-25(13-11-18)14-15-27-16-21(24)26;/h1-9H,10-16H2,(H2,24,26);1H. The number of rotatable bonds is 7. The first-order chi connectivity index (χ1) is 13.1. The molecule has 1 saturated heterocycles. The Morgan fingerprint density at radius 3 is 2.32 bits per heavy atom. The number of amides is 1. The van der Waals surface area contributed by atoms with Crippen molar-refractivity contribution in [1.29, 1.82) is 0 Å². The molecule has 28 heavy (non-hydrogen) atoms. The van der Waals surface area contributed by atoms with Gasteiger partial charge in [0, 0.05) is 30.2 Å². The van der Waals surface area contributed by atoms with Crippen molar-refractivity contribution in [3.8, 4) is 0 Å². The Kier molecular flexibility index (Phi) is 9.00. The summed E-state index contributed by atoms with van der Waals surface area (Å²) in [6.45, 7) is 3.27. The number of benzene rings is 2. The molecule has 1 amide bonds. The third-order valence-corrected chi connectivity index (χ3v) is 5.14. The van der Waals surface area contributed by atoms with Gasteiger partial charge in [-0.3, -0.25) is 4.79 Å². The van der Waals surface area contributed by atoms with Gasteiger partial charge in [0.25, 0.3) is 0 Å². The van der Waals surface area contributed by atoms with E-state index >= 15 is 0 Å². The molecule has 1 heterocycles. The minimum Gasteiger partial charge on any atom is -0.370 e.